The molecule has 2 heterocycles. The summed E-state index contributed by atoms with van der Waals surface area (Å²) < 4.78 is 36.8. The minimum absolute atomic E-state index is 0.147. The van der Waals surface area contributed by atoms with E-state index < -0.39 is 37.4 Å². The summed E-state index contributed by atoms with van der Waals surface area (Å²) in [7, 11) is -1.63. The first-order chi connectivity index (χ1) is 22.9. The van der Waals surface area contributed by atoms with Crippen LogP contribution in [0, 0.1) is 0 Å². The molecule has 4 atom stereocenters. The van der Waals surface area contributed by atoms with Crippen molar-refractivity contribution in [1.29, 1.82) is 0 Å². The van der Waals surface area contributed by atoms with Crippen molar-refractivity contribution in [2.75, 3.05) is 27.3 Å². The third kappa shape index (κ3) is 9.57. The average molecular weight is 687 g/mol. The lowest BCUT2D eigenvalue weighted by Gasteiger charge is -2.32. The van der Waals surface area contributed by atoms with E-state index in [-0.39, 0.29) is 48.1 Å². The maximum atomic E-state index is 14.8. The molecule has 2 aliphatic rings. The number of hydrogen-bond donors (Lipinski definition) is 3. The van der Waals surface area contributed by atoms with Crippen LogP contribution in [0.25, 0.3) is 0 Å². The predicted octanol–water partition coefficient (Wildman–Crippen LogP) is 2.48. The van der Waals surface area contributed by atoms with E-state index in [1.165, 1.54) is 28.1 Å². The van der Waals surface area contributed by atoms with Gasteiger partial charge in [-0.15, -0.1) is 0 Å². The molecule has 0 bridgehead atoms. The van der Waals surface area contributed by atoms with Gasteiger partial charge in [0, 0.05) is 33.2 Å². The van der Waals surface area contributed by atoms with Gasteiger partial charge in [0.1, 0.15) is 23.6 Å². The van der Waals surface area contributed by atoms with Crippen molar-refractivity contribution in [1.82, 2.24) is 20.9 Å². The van der Waals surface area contributed by atoms with Gasteiger partial charge >= 0.3 is 19.5 Å². The Morgan fingerprint density at radius 3 is 1.67 bits per heavy atom. The van der Waals surface area contributed by atoms with Gasteiger partial charge in [-0.1, -0.05) is 24.3 Å². The molecule has 2 saturated heterocycles. The summed E-state index contributed by atoms with van der Waals surface area (Å²) in [5.74, 6) is -2.48. The molecular weight excluding hydrogens is 643 g/mol. The van der Waals surface area contributed by atoms with Crippen molar-refractivity contribution < 1.29 is 47.1 Å². The van der Waals surface area contributed by atoms with Crippen molar-refractivity contribution in [3.63, 3.8) is 0 Å². The van der Waals surface area contributed by atoms with E-state index in [4.69, 9.17) is 18.5 Å². The smallest absolute Gasteiger partial charge is 0.453 e. The fourth-order valence-corrected chi connectivity index (χ4v) is 8.05. The highest BCUT2D eigenvalue weighted by atomic mass is 31.2. The van der Waals surface area contributed by atoms with Crippen LogP contribution in [0.5, 0.6) is 11.5 Å². The highest BCUT2D eigenvalue weighted by Gasteiger charge is 2.49. The molecule has 48 heavy (non-hydrogen) atoms. The van der Waals surface area contributed by atoms with Gasteiger partial charge in [-0.3, -0.25) is 14.4 Å². The van der Waals surface area contributed by atoms with Crippen LogP contribution in [0.15, 0.2) is 48.5 Å². The van der Waals surface area contributed by atoms with Gasteiger partial charge in [0.05, 0.1) is 20.3 Å². The van der Waals surface area contributed by atoms with Gasteiger partial charge in [-0.25, -0.2) is 14.2 Å². The number of carbonyl (C=O) groups excluding carboxylic acids is 5. The van der Waals surface area contributed by atoms with E-state index in [2.05, 4.69) is 16.0 Å². The monoisotopic (exact) mass is 686 g/mol. The first kappa shape index (κ1) is 36.4. The molecule has 4 rings (SSSR count). The number of carbonyl (C=O) groups is 5. The number of nitrogens with one attached hydrogen (secondary N) is 3. The van der Waals surface area contributed by atoms with Crippen LogP contribution in [0.4, 0.5) is 0 Å². The van der Waals surface area contributed by atoms with E-state index in [0.29, 0.717) is 36.9 Å². The molecule has 3 amide bonds. The molecular formula is C33H43N4O10P. The largest absolute Gasteiger partial charge is 0.467 e. The maximum Gasteiger partial charge on any atom is 0.453 e. The van der Waals surface area contributed by atoms with Crippen molar-refractivity contribution in [3.05, 3.63) is 59.7 Å². The number of hydrogen-bond acceptors (Lipinski definition) is 11. The van der Waals surface area contributed by atoms with Crippen LogP contribution < -0.4 is 25.0 Å². The summed E-state index contributed by atoms with van der Waals surface area (Å²) in [5, 5.41) is 8.36. The summed E-state index contributed by atoms with van der Waals surface area (Å²) in [5.41, 5.74) is 1.37. The van der Waals surface area contributed by atoms with Gasteiger partial charge in [0.25, 0.3) is 0 Å². The number of amides is 3. The SMILES string of the molecule is COC(=O)[C@H](Cc1ccc(OP(=O)(Oc2ccc(C[C@H](NC(C)=O)C(=O)OC)cc2)C2CCCN2C(=O)[C@@H]2CCCN2)cc1)NC(C)=O. The number of benzene rings is 2. The Balaban J connectivity index is 1.58. The van der Waals surface area contributed by atoms with E-state index in [0.717, 1.165) is 13.0 Å². The molecule has 14 nitrogen and oxygen atoms in total. The third-order valence-electron chi connectivity index (χ3n) is 8.15. The van der Waals surface area contributed by atoms with E-state index >= 15 is 0 Å². The first-order valence-corrected chi connectivity index (χ1v) is 17.4. The summed E-state index contributed by atoms with van der Waals surface area (Å²) in [4.78, 5) is 62.7. The van der Waals surface area contributed by atoms with Crippen LogP contribution in [0.1, 0.15) is 50.7 Å². The zero-order chi connectivity index (χ0) is 34.8. The standard InChI is InChI=1S/C33H43N4O10P/c1-21(38)35-28(32(41)44-3)19-23-9-13-25(14-10-23)46-48(43,30-8-6-18-37(30)31(40)27-7-5-17-34-27)47-26-15-11-24(12-16-26)20-29(33(42)45-4)36-22(2)39/h9-16,27-30,34H,5-8,17-20H2,1-4H3,(H,35,38)(H,36,39)/t27-,28-,29-,30?/m0/s1. The number of rotatable bonds is 14. The number of likely N-dealkylation sites (tertiary alicyclic amines) is 1. The zero-order valence-electron chi connectivity index (χ0n) is 27.6. The Bertz CT molecular complexity index is 1420. The molecule has 2 aromatic carbocycles. The molecule has 3 N–H and O–H groups in total. The van der Waals surface area contributed by atoms with E-state index in [9.17, 15) is 28.5 Å². The Morgan fingerprint density at radius 1 is 0.792 bits per heavy atom. The maximum absolute atomic E-state index is 14.8. The molecule has 260 valence electrons. The summed E-state index contributed by atoms with van der Waals surface area (Å²) in [6, 6.07) is 10.9. The van der Waals surface area contributed by atoms with Crippen LogP contribution in [0.3, 0.4) is 0 Å². The Morgan fingerprint density at radius 2 is 1.27 bits per heavy atom. The van der Waals surface area contributed by atoms with Crippen molar-refractivity contribution >= 4 is 37.3 Å². The Hall–Kier alpha value is -4.42. The molecule has 0 spiro atoms. The minimum atomic E-state index is -4.11. The van der Waals surface area contributed by atoms with Crippen LogP contribution in [0.2, 0.25) is 0 Å². The first-order valence-electron chi connectivity index (χ1n) is 15.8. The molecule has 0 aromatic heterocycles. The molecule has 2 fully saturated rings. The average Bonchev–Trinajstić information content (AvgIpc) is 3.78. The molecule has 2 aliphatic heterocycles. The van der Waals surface area contributed by atoms with Crippen molar-refractivity contribution in [2.24, 2.45) is 0 Å². The lowest BCUT2D eigenvalue weighted by atomic mass is 10.1. The molecule has 0 aliphatic carbocycles. The number of nitrogens with zero attached hydrogens (tertiary/aromatic N) is 1. The number of methoxy groups -OCH3 is 2. The number of esters is 2. The van der Waals surface area contributed by atoms with E-state index in [1.807, 2.05) is 0 Å². The van der Waals surface area contributed by atoms with Crippen LogP contribution in [-0.2, 0) is 50.9 Å². The number of ether oxygens (including phenoxy) is 2. The van der Waals surface area contributed by atoms with Crippen LogP contribution >= 0.6 is 7.60 Å². The Labute approximate surface area is 279 Å². The molecule has 0 radical (unpaired) electrons. The van der Waals surface area contributed by atoms with Gasteiger partial charge in [0.15, 0.2) is 5.78 Å². The second kappa shape index (κ2) is 16.6. The summed E-state index contributed by atoms with van der Waals surface area (Å²) in [6.07, 6.45) is 2.90. The topological polar surface area (TPSA) is 179 Å². The molecule has 15 heteroatoms. The van der Waals surface area contributed by atoms with Crippen LogP contribution in [-0.4, -0.2) is 85.8 Å². The quantitative estimate of drug-likeness (QED) is 0.196. The molecule has 2 aromatic rings. The lowest BCUT2D eigenvalue weighted by molar-refractivity contribution is -0.145. The Kier molecular flexibility index (Phi) is 12.6. The van der Waals surface area contributed by atoms with Gasteiger partial charge in [-0.05, 0) is 67.6 Å². The lowest BCUT2D eigenvalue weighted by Crippen LogP contribution is -2.46. The fraction of sp³-hybridized carbons (Fsp3) is 0.485. The zero-order valence-corrected chi connectivity index (χ0v) is 28.5. The second-order valence-corrected chi connectivity index (χ2v) is 13.8. The normalized spacial score (nSPS) is 18.7. The van der Waals surface area contributed by atoms with Crippen molar-refractivity contribution in [2.45, 2.75) is 76.3 Å². The highest BCUT2D eigenvalue weighted by molar-refractivity contribution is 7.55. The fourth-order valence-electron chi connectivity index (χ4n) is 5.87. The minimum Gasteiger partial charge on any atom is -0.467 e. The second-order valence-electron chi connectivity index (χ2n) is 11.8. The van der Waals surface area contributed by atoms with Gasteiger partial charge in [-0.2, -0.15) is 0 Å². The predicted molar refractivity (Wildman–Crippen MR) is 174 cm³/mol. The van der Waals surface area contributed by atoms with Gasteiger partial charge in [0.2, 0.25) is 17.7 Å². The highest BCUT2D eigenvalue weighted by Crippen LogP contribution is 2.57. The van der Waals surface area contributed by atoms with Crippen molar-refractivity contribution in [3.8, 4) is 11.5 Å². The van der Waals surface area contributed by atoms with Gasteiger partial charge < -0.3 is 39.4 Å². The molecule has 0 saturated carbocycles. The molecule has 1 unspecified atom stereocenters. The van der Waals surface area contributed by atoms with E-state index in [1.54, 1.807) is 53.4 Å². The summed E-state index contributed by atoms with van der Waals surface area (Å²) >= 11 is 0. The summed E-state index contributed by atoms with van der Waals surface area (Å²) in [6.45, 7) is 3.76. The third-order valence-corrected chi connectivity index (χ3v) is 10.3.